The topological polar surface area (TPSA) is 62.1 Å². The molecule has 0 spiro atoms. The molecule has 1 fully saturated rings. The first-order valence-corrected chi connectivity index (χ1v) is 8.16. The van der Waals surface area contributed by atoms with Crippen LogP contribution < -0.4 is 10.1 Å². The van der Waals surface area contributed by atoms with Gasteiger partial charge in [-0.25, -0.2) is 0 Å². The summed E-state index contributed by atoms with van der Waals surface area (Å²) in [6.45, 7) is 2.92. The second kappa shape index (κ2) is 7.84. The van der Waals surface area contributed by atoms with Gasteiger partial charge in [-0.1, -0.05) is 32.6 Å². The molecule has 1 amide bonds. The fourth-order valence-electron chi connectivity index (χ4n) is 2.28. The van der Waals surface area contributed by atoms with Gasteiger partial charge in [0.15, 0.2) is 0 Å². The van der Waals surface area contributed by atoms with Crippen LogP contribution in [0.3, 0.4) is 0 Å². The van der Waals surface area contributed by atoms with Crippen LogP contribution in [0.4, 0.5) is 0 Å². The lowest BCUT2D eigenvalue weighted by atomic mass is 10.1. The summed E-state index contributed by atoms with van der Waals surface area (Å²) in [4.78, 5) is 12.0. The molecule has 0 bridgehead atoms. The SMILES string of the molecule is CCCCCCCOc1ccc(C(=O)NC2(C#N)CC2)cc1. The number of ether oxygens (including phenoxy) is 1. The largest absolute Gasteiger partial charge is 0.494 e. The third-order valence-electron chi connectivity index (χ3n) is 3.95. The van der Waals surface area contributed by atoms with Crippen molar-refractivity contribution in [3.8, 4) is 11.8 Å². The molecule has 4 heteroatoms. The van der Waals surface area contributed by atoms with E-state index >= 15 is 0 Å². The first-order valence-electron chi connectivity index (χ1n) is 8.16. The third kappa shape index (κ3) is 4.77. The second-order valence-electron chi connectivity index (χ2n) is 5.94. The zero-order valence-electron chi connectivity index (χ0n) is 13.2. The van der Waals surface area contributed by atoms with Crippen molar-refractivity contribution in [2.45, 2.75) is 57.4 Å². The Kier molecular flexibility index (Phi) is 5.83. The van der Waals surface area contributed by atoms with Gasteiger partial charge in [0.25, 0.3) is 5.91 Å². The van der Waals surface area contributed by atoms with Crippen LogP contribution in [-0.2, 0) is 0 Å². The molecule has 0 heterocycles. The molecule has 0 unspecified atom stereocenters. The summed E-state index contributed by atoms with van der Waals surface area (Å²) in [5, 5.41) is 11.8. The summed E-state index contributed by atoms with van der Waals surface area (Å²) in [7, 11) is 0. The molecular weight excluding hydrogens is 276 g/mol. The van der Waals surface area contributed by atoms with Gasteiger partial charge in [0.1, 0.15) is 11.3 Å². The number of amides is 1. The summed E-state index contributed by atoms with van der Waals surface area (Å²) in [6, 6.07) is 9.27. The van der Waals surface area contributed by atoms with Crippen molar-refractivity contribution < 1.29 is 9.53 Å². The summed E-state index contributed by atoms with van der Waals surface area (Å²) in [5.74, 6) is 0.596. The highest BCUT2D eigenvalue weighted by atomic mass is 16.5. The summed E-state index contributed by atoms with van der Waals surface area (Å²) in [5.41, 5.74) is -0.0538. The number of hydrogen-bond acceptors (Lipinski definition) is 3. The molecule has 4 nitrogen and oxygen atoms in total. The van der Waals surface area contributed by atoms with Crippen LogP contribution in [0.25, 0.3) is 0 Å². The van der Waals surface area contributed by atoms with Crippen molar-refractivity contribution in [3.63, 3.8) is 0 Å². The van der Waals surface area contributed by atoms with Crippen molar-refractivity contribution in [2.75, 3.05) is 6.61 Å². The van der Waals surface area contributed by atoms with Gasteiger partial charge < -0.3 is 10.1 Å². The zero-order chi connectivity index (χ0) is 15.8. The Morgan fingerprint density at radius 1 is 1.23 bits per heavy atom. The molecule has 1 N–H and O–H groups in total. The molecule has 0 aromatic heterocycles. The Morgan fingerprint density at radius 2 is 1.91 bits per heavy atom. The Bertz CT molecular complexity index is 527. The van der Waals surface area contributed by atoms with Crippen molar-refractivity contribution in [3.05, 3.63) is 29.8 Å². The Hall–Kier alpha value is -2.02. The maximum Gasteiger partial charge on any atom is 0.252 e. The minimum atomic E-state index is -0.620. The number of carbonyl (C=O) groups excluding carboxylic acids is 1. The monoisotopic (exact) mass is 300 g/mol. The van der Waals surface area contributed by atoms with Crippen LogP contribution in [0.5, 0.6) is 5.75 Å². The lowest BCUT2D eigenvalue weighted by Crippen LogP contribution is -2.35. The van der Waals surface area contributed by atoms with Crippen molar-refractivity contribution in [1.82, 2.24) is 5.32 Å². The molecule has 1 aromatic carbocycles. The molecule has 22 heavy (non-hydrogen) atoms. The van der Waals surface area contributed by atoms with Crippen LogP contribution in [0.2, 0.25) is 0 Å². The van der Waals surface area contributed by atoms with Crippen molar-refractivity contribution >= 4 is 5.91 Å². The van der Waals surface area contributed by atoms with Gasteiger partial charge in [-0.2, -0.15) is 5.26 Å². The van der Waals surface area contributed by atoms with Gasteiger partial charge in [-0.05, 0) is 43.5 Å². The Balaban J connectivity index is 1.73. The van der Waals surface area contributed by atoms with E-state index in [4.69, 9.17) is 10.00 Å². The maximum absolute atomic E-state index is 12.0. The van der Waals surface area contributed by atoms with E-state index in [0.717, 1.165) is 25.0 Å². The number of benzene rings is 1. The average Bonchev–Trinajstić information content (AvgIpc) is 3.31. The highest BCUT2D eigenvalue weighted by molar-refractivity contribution is 5.95. The standard InChI is InChI=1S/C18H24N2O2/c1-2-3-4-5-6-13-22-16-9-7-15(8-10-16)17(21)20-18(14-19)11-12-18/h7-10H,2-6,11-13H2,1H3,(H,20,21). The van der Waals surface area contributed by atoms with Crippen molar-refractivity contribution in [2.24, 2.45) is 0 Å². The first-order chi connectivity index (χ1) is 10.7. The van der Waals surface area contributed by atoms with Gasteiger partial charge in [0.2, 0.25) is 0 Å². The molecule has 1 saturated carbocycles. The lowest BCUT2D eigenvalue weighted by Gasteiger charge is -2.10. The number of carbonyl (C=O) groups is 1. The van der Waals surface area contributed by atoms with E-state index in [2.05, 4.69) is 18.3 Å². The maximum atomic E-state index is 12.0. The molecule has 1 aromatic rings. The van der Waals surface area contributed by atoms with Crippen LogP contribution >= 0.6 is 0 Å². The fourth-order valence-corrected chi connectivity index (χ4v) is 2.28. The average molecular weight is 300 g/mol. The second-order valence-corrected chi connectivity index (χ2v) is 5.94. The molecule has 0 aliphatic heterocycles. The number of nitrogens with zero attached hydrogens (tertiary/aromatic N) is 1. The Morgan fingerprint density at radius 3 is 2.50 bits per heavy atom. The number of rotatable bonds is 9. The number of nitriles is 1. The fraction of sp³-hybridized carbons (Fsp3) is 0.556. The van der Waals surface area contributed by atoms with E-state index in [0.29, 0.717) is 12.2 Å². The van der Waals surface area contributed by atoms with E-state index in [9.17, 15) is 4.79 Å². The van der Waals surface area contributed by atoms with Gasteiger partial charge in [0.05, 0.1) is 12.7 Å². The predicted molar refractivity (Wildman–Crippen MR) is 85.7 cm³/mol. The van der Waals surface area contributed by atoms with Gasteiger partial charge in [-0.15, -0.1) is 0 Å². The smallest absolute Gasteiger partial charge is 0.252 e. The molecule has 0 saturated heterocycles. The molecular formula is C18H24N2O2. The summed E-state index contributed by atoms with van der Waals surface area (Å²) >= 11 is 0. The molecule has 1 aliphatic rings. The van der Waals surface area contributed by atoms with Crippen LogP contribution in [0.1, 0.15) is 62.2 Å². The van der Waals surface area contributed by atoms with Gasteiger partial charge in [-0.3, -0.25) is 4.79 Å². The minimum absolute atomic E-state index is 0.190. The summed E-state index contributed by atoms with van der Waals surface area (Å²) in [6.07, 6.45) is 7.55. The van der Waals surface area contributed by atoms with E-state index in [-0.39, 0.29) is 5.91 Å². The normalized spacial score (nSPS) is 14.9. The molecule has 0 radical (unpaired) electrons. The molecule has 1 aliphatic carbocycles. The van der Waals surface area contributed by atoms with E-state index in [1.807, 2.05) is 12.1 Å². The molecule has 2 rings (SSSR count). The Labute approximate surface area is 132 Å². The molecule has 0 atom stereocenters. The highest BCUT2D eigenvalue weighted by Crippen LogP contribution is 2.34. The van der Waals surface area contributed by atoms with E-state index in [1.54, 1.807) is 12.1 Å². The van der Waals surface area contributed by atoms with Gasteiger partial charge in [0, 0.05) is 5.56 Å². The third-order valence-corrected chi connectivity index (χ3v) is 3.95. The first kappa shape index (κ1) is 16.4. The lowest BCUT2D eigenvalue weighted by molar-refractivity contribution is 0.0941. The van der Waals surface area contributed by atoms with Crippen LogP contribution in [0.15, 0.2) is 24.3 Å². The number of unbranched alkanes of at least 4 members (excludes halogenated alkanes) is 4. The minimum Gasteiger partial charge on any atom is -0.494 e. The van der Waals surface area contributed by atoms with Crippen LogP contribution in [0, 0.1) is 11.3 Å². The van der Waals surface area contributed by atoms with Crippen molar-refractivity contribution in [1.29, 1.82) is 5.26 Å². The quantitative estimate of drug-likeness (QED) is 0.705. The van der Waals surface area contributed by atoms with E-state index in [1.165, 1.54) is 25.7 Å². The molecule has 118 valence electrons. The predicted octanol–water partition coefficient (Wildman–Crippen LogP) is 3.82. The van der Waals surface area contributed by atoms with Gasteiger partial charge >= 0.3 is 0 Å². The van der Waals surface area contributed by atoms with Crippen LogP contribution in [-0.4, -0.2) is 18.1 Å². The highest BCUT2D eigenvalue weighted by Gasteiger charge is 2.44. The number of hydrogen-bond donors (Lipinski definition) is 1. The number of nitrogens with one attached hydrogen (secondary N) is 1. The summed E-state index contributed by atoms with van der Waals surface area (Å²) < 4.78 is 5.67. The zero-order valence-corrected chi connectivity index (χ0v) is 13.2. The van der Waals surface area contributed by atoms with E-state index < -0.39 is 5.54 Å².